The zero-order valence-corrected chi connectivity index (χ0v) is 18.8. The fourth-order valence-electron chi connectivity index (χ4n) is 3.59. The van der Waals surface area contributed by atoms with Gasteiger partial charge in [-0.05, 0) is 90.7 Å². The number of likely N-dealkylation sites (tertiary alicyclic amines) is 1. The Kier molecular flexibility index (Phi) is 10.7. The van der Waals surface area contributed by atoms with Crippen molar-refractivity contribution in [3.8, 4) is 11.5 Å². The van der Waals surface area contributed by atoms with Crippen LogP contribution in [0.15, 0.2) is 23.2 Å². The summed E-state index contributed by atoms with van der Waals surface area (Å²) >= 11 is 0. The van der Waals surface area contributed by atoms with Gasteiger partial charge in [-0.25, -0.2) is 0 Å². The highest BCUT2D eigenvalue weighted by Crippen LogP contribution is 2.30. The van der Waals surface area contributed by atoms with Crippen LogP contribution >= 0.6 is 0 Å². The molecule has 1 atom stereocenters. The van der Waals surface area contributed by atoms with Crippen LogP contribution in [0.4, 0.5) is 0 Å². The van der Waals surface area contributed by atoms with Gasteiger partial charge in [0.05, 0.1) is 19.3 Å². The highest BCUT2D eigenvalue weighted by Gasteiger charge is 2.13. The van der Waals surface area contributed by atoms with Gasteiger partial charge in [0.15, 0.2) is 17.5 Å². The Morgan fingerprint density at radius 3 is 2.48 bits per heavy atom. The van der Waals surface area contributed by atoms with E-state index in [1.165, 1.54) is 38.9 Å². The van der Waals surface area contributed by atoms with Crippen molar-refractivity contribution in [2.75, 3.05) is 45.9 Å². The molecule has 0 saturated carbocycles. The van der Waals surface area contributed by atoms with E-state index in [-0.39, 0.29) is 6.04 Å². The van der Waals surface area contributed by atoms with Gasteiger partial charge in [-0.3, -0.25) is 4.99 Å². The van der Waals surface area contributed by atoms with Crippen LogP contribution in [0.1, 0.15) is 65.0 Å². The van der Waals surface area contributed by atoms with E-state index < -0.39 is 0 Å². The topological polar surface area (TPSA) is 58.1 Å². The number of nitrogens with one attached hydrogen (secondary N) is 2. The van der Waals surface area contributed by atoms with Crippen molar-refractivity contribution in [1.82, 2.24) is 15.5 Å². The van der Waals surface area contributed by atoms with Gasteiger partial charge in [0, 0.05) is 13.1 Å². The van der Waals surface area contributed by atoms with E-state index in [9.17, 15) is 0 Å². The normalized spacial score (nSPS) is 15.9. The second-order valence-corrected chi connectivity index (χ2v) is 7.45. The Balaban J connectivity index is 1.89. The third kappa shape index (κ3) is 8.13. The molecule has 1 saturated heterocycles. The van der Waals surface area contributed by atoms with Crippen LogP contribution in [0.3, 0.4) is 0 Å². The summed E-state index contributed by atoms with van der Waals surface area (Å²) in [5, 5.41) is 6.88. The zero-order valence-electron chi connectivity index (χ0n) is 18.8. The fraction of sp³-hybridized carbons (Fsp3) is 0.696. The summed E-state index contributed by atoms with van der Waals surface area (Å²) < 4.78 is 11.4. The predicted octanol–water partition coefficient (Wildman–Crippen LogP) is 3.98. The van der Waals surface area contributed by atoms with Crippen LogP contribution in [0.25, 0.3) is 0 Å². The standard InChI is InChI=1S/C23H40N4O2/c1-5-24-23(25-14-8-9-15-27-16-10-11-17-27)26-19(4)20-12-13-21(28-6-2)22(18-20)29-7-3/h12-13,18-19H,5-11,14-17H2,1-4H3,(H2,24,25,26). The predicted molar refractivity (Wildman–Crippen MR) is 121 cm³/mol. The van der Waals surface area contributed by atoms with Crippen LogP contribution in [-0.4, -0.2) is 56.8 Å². The molecule has 1 aliphatic heterocycles. The number of aliphatic imine (C=N–C) groups is 1. The molecule has 1 unspecified atom stereocenters. The molecule has 0 radical (unpaired) electrons. The van der Waals surface area contributed by atoms with E-state index >= 15 is 0 Å². The number of unbranched alkanes of at least 4 members (excludes halogenated alkanes) is 1. The lowest BCUT2D eigenvalue weighted by molar-refractivity contribution is 0.287. The van der Waals surface area contributed by atoms with Crippen LogP contribution in [0, 0.1) is 0 Å². The number of rotatable bonds is 12. The molecule has 6 nitrogen and oxygen atoms in total. The van der Waals surface area contributed by atoms with Gasteiger partial charge in [0.1, 0.15) is 0 Å². The van der Waals surface area contributed by atoms with Gasteiger partial charge in [-0.2, -0.15) is 0 Å². The smallest absolute Gasteiger partial charge is 0.191 e. The van der Waals surface area contributed by atoms with E-state index in [1.807, 2.05) is 19.9 Å². The molecule has 1 heterocycles. The van der Waals surface area contributed by atoms with Crippen molar-refractivity contribution in [1.29, 1.82) is 0 Å². The lowest BCUT2D eigenvalue weighted by atomic mass is 10.1. The highest BCUT2D eigenvalue weighted by molar-refractivity contribution is 5.80. The quantitative estimate of drug-likeness (QED) is 0.314. The number of benzene rings is 1. The van der Waals surface area contributed by atoms with E-state index in [0.717, 1.165) is 42.5 Å². The van der Waals surface area contributed by atoms with Crippen molar-refractivity contribution in [2.45, 2.75) is 59.4 Å². The number of guanidine groups is 1. The molecule has 2 rings (SSSR count). The third-order valence-corrected chi connectivity index (χ3v) is 5.12. The lowest BCUT2D eigenvalue weighted by Crippen LogP contribution is -2.38. The monoisotopic (exact) mass is 404 g/mol. The second-order valence-electron chi connectivity index (χ2n) is 7.45. The van der Waals surface area contributed by atoms with E-state index in [2.05, 4.69) is 41.5 Å². The van der Waals surface area contributed by atoms with Gasteiger partial charge in [-0.1, -0.05) is 6.07 Å². The van der Waals surface area contributed by atoms with Crippen LogP contribution in [0.2, 0.25) is 0 Å². The summed E-state index contributed by atoms with van der Waals surface area (Å²) in [6, 6.07) is 6.26. The van der Waals surface area contributed by atoms with Gasteiger partial charge in [0.2, 0.25) is 0 Å². The van der Waals surface area contributed by atoms with Crippen LogP contribution < -0.4 is 20.1 Å². The fourth-order valence-corrected chi connectivity index (χ4v) is 3.59. The summed E-state index contributed by atoms with van der Waals surface area (Å²) in [7, 11) is 0. The minimum absolute atomic E-state index is 0.118. The minimum Gasteiger partial charge on any atom is -0.490 e. The first kappa shape index (κ1) is 23.3. The lowest BCUT2D eigenvalue weighted by Gasteiger charge is -2.20. The molecule has 0 bridgehead atoms. The Morgan fingerprint density at radius 2 is 1.79 bits per heavy atom. The summed E-state index contributed by atoms with van der Waals surface area (Å²) in [5.41, 5.74) is 1.15. The summed E-state index contributed by atoms with van der Waals surface area (Å²) in [6.45, 7) is 14.9. The molecule has 1 aliphatic rings. The first-order valence-corrected chi connectivity index (χ1v) is 11.3. The number of hydrogen-bond acceptors (Lipinski definition) is 4. The second kappa shape index (κ2) is 13.3. The molecular formula is C23H40N4O2. The van der Waals surface area contributed by atoms with E-state index in [1.54, 1.807) is 0 Å². The molecule has 164 valence electrons. The number of nitrogens with zero attached hydrogens (tertiary/aromatic N) is 2. The molecule has 1 aromatic carbocycles. The number of hydrogen-bond donors (Lipinski definition) is 2. The minimum atomic E-state index is 0.118. The molecule has 0 aromatic heterocycles. The molecule has 2 N–H and O–H groups in total. The maximum atomic E-state index is 5.76. The van der Waals surface area contributed by atoms with E-state index in [4.69, 9.17) is 14.5 Å². The Labute approximate surface area is 177 Å². The van der Waals surface area contributed by atoms with Crippen molar-refractivity contribution in [2.24, 2.45) is 4.99 Å². The van der Waals surface area contributed by atoms with Crippen molar-refractivity contribution < 1.29 is 9.47 Å². The van der Waals surface area contributed by atoms with E-state index in [0.29, 0.717) is 13.2 Å². The molecule has 29 heavy (non-hydrogen) atoms. The zero-order chi connectivity index (χ0) is 20.9. The van der Waals surface area contributed by atoms with Crippen molar-refractivity contribution in [3.05, 3.63) is 23.8 Å². The SMILES string of the molecule is CCNC(=NCCCCN1CCCC1)NC(C)c1ccc(OCC)c(OCC)c1. The first-order chi connectivity index (χ1) is 14.2. The molecule has 0 amide bonds. The maximum Gasteiger partial charge on any atom is 0.191 e. The van der Waals surface area contributed by atoms with Crippen molar-refractivity contribution >= 4 is 5.96 Å². The Bertz CT molecular complexity index is 615. The summed E-state index contributed by atoms with van der Waals surface area (Å²) in [6.07, 6.45) is 5.07. The molecule has 6 heteroatoms. The van der Waals surface area contributed by atoms with Crippen molar-refractivity contribution in [3.63, 3.8) is 0 Å². The van der Waals surface area contributed by atoms with Gasteiger partial charge in [0.25, 0.3) is 0 Å². The largest absolute Gasteiger partial charge is 0.490 e. The average molecular weight is 405 g/mol. The van der Waals surface area contributed by atoms with Crippen LogP contribution in [0.5, 0.6) is 11.5 Å². The highest BCUT2D eigenvalue weighted by atomic mass is 16.5. The maximum absolute atomic E-state index is 5.76. The summed E-state index contributed by atoms with van der Waals surface area (Å²) in [5.74, 6) is 2.46. The molecule has 1 aromatic rings. The first-order valence-electron chi connectivity index (χ1n) is 11.3. The Morgan fingerprint density at radius 1 is 1.07 bits per heavy atom. The third-order valence-electron chi connectivity index (χ3n) is 5.12. The summed E-state index contributed by atoms with van der Waals surface area (Å²) in [4.78, 5) is 7.34. The molecule has 0 spiro atoms. The molecule has 1 fully saturated rings. The average Bonchev–Trinajstić information content (AvgIpc) is 3.23. The van der Waals surface area contributed by atoms with Gasteiger partial charge >= 0.3 is 0 Å². The number of ether oxygens (including phenoxy) is 2. The Hall–Kier alpha value is -1.95. The van der Waals surface area contributed by atoms with Gasteiger partial charge in [-0.15, -0.1) is 0 Å². The molecule has 0 aliphatic carbocycles. The molecular weight excluding hydrogens is 364 g/mol. The van der Waals surface area contributed by atoms with Crippen LogP contribution in [-0.2, 0) is 0 Å². The van der Waals surface area contributed by atoms with Gasteiger partial charge < -0.3 is 25.0 Å².